The minimum Gasteiger partial charge on any atom is -0.346 e. The van der Waals surface area contributed by atoms with Gasteiger partial charge in [-0.05, 0) is 36.4 Å². The maximum absolute atomic E-state index is 14.4. The molecule has 0 amide bonds. The Balaban J connectivity index is 1.72. The number of halogens is 2. The number of rotatable bonds is 5. The normalized spacial score (nSPS) is 10.9. The van der Waals surface area contributed by atoms with Crippen molar-refractivity contribution in [1.82, 2.24) is 19.9 Å². The maximum atomic E-state index is 14.4. The highest BCUT2D eigenvalue weighted by atomic mass is 79.9. The van der Waals surface area contributed by atoms with E-state index in [1.165, 1.54) is 6.07 Å². The fourth-order valence-electron chi connectivity index (χ4n) is 2.78. The first-order valence-corrected chi connectivity index (χ1v) is 9.15. The number of fused-ring (bicyclic) bond motifs is 1. The zero-order valence-electron chi connectivity index (χ0n) is 14.3. The lowest BCUT2D eigenvalue weighted by Gasteiger charge is -2.24. The number of hydrogen-bond acceptors (Lipinski definition) is 5. The van der Waals surface area contributed by atoms with E-state index in [1.807, 2.05) is 41.3 Å². The molecule has 0 unspecified atom stereocenters. The van der Waals surface area contributed by atoms with Gasteiger partial charge in [0.1, 0.15) is 17.2 Å². The van der Waals surface area contributed by atoms with E-state index in [9.17, 15) is 4.39 Å². The van der Waals surface area contributed by atoms with Gasteiger partial charge < -0.3 is 4.90 Å². The first-order valence-electron chi connectivity index (χ1n) is 8.35. The van der Waals surface area contributed by atoms with Crippen molar-refractivity contribution in [2.45, 2.75) is 13.1 Å². The van der Waals surface area contributed by atoms with Gasteiger partial charge >= 0.3 is 0 Å². The minimum absolute atomic E-state index is 0.268. The van der Waals surface area contributed by atoms with Crippen LogP contribution in [0.25, 0.3) is 11.2 Å². The van der Waals surface area contributed by atoms with Gasteiger partial charge in [0, 0.05) is 35.2 Å². The zero-order valence-corrected chi connectivity index (χ0v) is 15.8. The third-order valence-electron chi connectivity index (χ3n) is 4.10. The predicted octanol–water partition coefficient (Wildman–Crippen LogP) is 4.53. The Morgan fingerprint density at radius 2 is 1.78 bits per heavy atom. The Morgan fingerprint density at radius 3 is 2.59 bits per heavy atom. The van der Waals surface area contributed by atoms with Crippen molar-refractivity contribution >= 4 is 32.9 Å². The third kappa shape index (κ3) is 4.09. The summed E-state index contributed by atoms with van der Waals surface area (Å²) in [5.41, 5.74) is 2.72. The van der Waals surface area contributed by atoms with Crippen LogP contribution in [0, 0.1) is 5.82 Å². The Bertz CT molecular complexity index is 1070. The lowest BCUT2D eigenvalue weighted by molar-refractivity contribution is 0.601. The third-order valence-corrected chi connectivity index (χ3v) is 4.59. The van der Waals surface area contributed by atoms with Crippen LogP contribution in [-0.2, 0) is 13.1 Å². The molecule has 0 N–H and O–H groups in total. The van der Waals surface area contributed by atoms with Crippen LogP contribution in [0.5, 0.6) is 0 Å². The molecule has 0 aliphatic rings. The molecular weight excluding hydrogens is 409 g/mol. The van der Waals surface area contributed by atoms with Gasteiger partial charge in [-0.3, -0.25) is 9.97 Å². The molecule has 3 heterocycles. The van der Waals surface area contributed by atoms with Crippen molar-refractivity contribution in [1.29, 1.82) is 0 Å². The molecular formula is C20H15BrFN5. The van der Waals surface area contributed by atoms with Crippen molar-refractivity contribution in [3.05, 3.63) is 88.7 Å². The van der Waals surface area contributed by atoms with Crippen molar-refractivity contribution in [2.75, 3.05) is 4.90 Å². The van der Waals surface area contributed by atoms with Crippen LogP contribution < -0.4 is 4.90 Å². The second kappa shape index (κ2) is 7.75. The molecule has 1 aromatic carbocycles. The molecule has 0 bridgehead atoms. The molecule has 5 nitrogen and oxygen atoms in total. The number of aromatic nitrogens is 4. The molecule has 3 aromatic heterocycles. The fraction of sp³-hybridized carbons (Fsp3) is 0.100. The van der Waals surface area contributed by atoms with Crippen LogP contribution in [0.1, 0.15) is 11.3 Å². The first kappa shape index (κ1) is 17.5. The summed E-state index contributed by atoms with van der Waals surface area (Å²) < 4.78 is 15.1. The topological polar surface area (TPSA) is 54.8 Å². The maximum Gasteiger partial charge on any atom is 0.180 e. The van der Waals surface area contributed by atoms with E-state index in [2.05, 4.69) is 35.9 Å². The monoisotopic (exact) mass is 423 g/mol. The average Bonchev–Trinajstić information content (AvgIpc) is 2.70. The van der Waals surface area contributed by atoms with Gasteiger partial charge in [-0.15, -0.1) is 0 Å². The molecule has 7 heteroatoms. The van der Waals surface area contributed by atoms with Crippen LogP contribution in [0.3, 0.4) is 0 Å². The van der Waals surface area contributed by atoms with Crippen LogP contribution in [0.15, 0.2) is 71.6 Å². The summed E-state index contributed by atoms with van der Waals surface area (Å²) >= 11 is 3.30. The molecule has 0 fully saturated rings. The number of pyridine rings is 2. The number of hydrogen-bond donors (Lipinski definition) is 0. The fourth-order valence-corrected chi connectivity index (χ4v) is 3.11. The average molecular weight is 424 g/mol. The van der Waals surface area contributed by atoms with E-state index in [-0.39, 0.29) is 5.82 Å². The van der Waals surface area contributed by atoms with Crippen molar-refractivity contribution < 1.29 is 4.39 Å². The lowest BCUT2D eigenvalue weighted by Crippen LogP contribution is -2.24. The van der Waals surface area contributed by atoms with E-state index < -0.39 is 0 Å². The Kier molecular flexibility index (Phi) is 5.02. The molecule has 0 radical (unpaired) electrons. The second-order valence-corrected chi connectivity index (χ2v) is 6.90. The van der Waals surface area contributed by atoms with E-state index in [1.54, 1.807) is 24.7 Å². The molecule has 0 aliphatic heterocycles. The van der Waals surface area contributed by atoms with Gasteiger partial charge in [-0.1, -0.05) is 28.1 Å². The van der Waals surface area contributed by atoms with Gasteiger partial charge in [0.05, 0.1) is 12.2 Å². The first-order chi connectivity index (χ1) is 13.2. The molecule has 0 spiro atoms. The standard InChI is InChI=1S/C20H15BrFN5/c21-15-5-4-14(17(22)11-15)12-27(13-16-3-1-2-8-23-16)19-7-6-18-20(26-19)25-10-9-24-18/h1-11H,12-13H2. The molecule has 4 rings (SSSR count). The Hall–Kier alpha value is -2.93. The van der Waals surface area contributed by atoms with E-state index >= 15 is 0 Å². The smallest absolute Gasteiger partial charge is 0.180 e. The highest BCUT2D eigenvalue weighted by Gasteiger charge is 2.14. The van der Waals surface area contributed by atoms with Crippen LogP contribution in [0.2, 0.25) is 0 Å². The highest BCUT2D eigenvalue weighted by Crippen LogP contribution is 2.22. The van der Waals surface area contributed by atoms with Crippen LogP contribution >= 0.6 is 15.9 Å². The summed E-state index contributed by atoms with van der Waals surface area (Å²) in [5, 5.41) is 0. The SMILES string of the molecule is Fc1cc(Br)ccc1CN(Cc1ccccn1)c1ccc2nccnc2n1. The summed E-state index contributed by atoms with van der Waals surface area (Å²) in [7, 11) is 0. The summed E-state index contributed by atoms with van der Waals surface area (Å²) in [6.45, 7) is 0.851. The Morgan fingerprint density at radius 1 is 0.889 bits per heavy atom. The van der Waals surface area contributed by atoms with Gasteiger partial charge in [0.25, 0.3) is 0 Å². The molecule has 134 valence electrons. The number of nitrogens with zero attached hydrogens (tertiary/aromatic N) is 5. The lowest BCUT2D eigenvalue weighted by atomic mass is 10.2. The van der Waals surface area contributed by atoms with E-state index in [0.717, 1.165) is 5.69 Å². The summed E-state index contributed by atoms with van der Waals surface area (Å²) in [6, 6.07) is 14.5. The molecule has 4 aromatic rings. The largest absolute Gasteiger partial charge is 0.346 e. The van der Waals surface area contributed by atoms with Gasteiger partial charge in [0.2, 0.25) is 0 Å². The van der Waals surface area contributed by atoms with E-state index in [0.29, 0.717) is 40.1 Å². The molecule has 0 saturated heterocycles. The van der Waals surface area contributed by atoms with Crippen LogP contribution in [-0.4, -0.2) is 19.9 Å². The van der Waals surface area contributed by atoms with Gasteiger partial charge in [-0.2, -0.15) is 0 Å². The van der Waals surface area contributed by atoms with Crippen molar-refractivity contribution in [2.24, 2.45) is 0 Å². The molecule has 27 heavy (non-hydrogen) atoms. The van der Waals surface area contributed by atoms with Gasteiger partial charge in [0.15, 0.2) is 5.65 Å². The van der Waals surface area contributed by atoms with Crippen molar-refractivity contribution in [3.8, 4) is 0 Å². The van der Waals surface area contributed by atoms with Crippen molar-refractivity contribution in [3.63, 3.8) is 0 Å². The zero-order chi connectivity index (χ0) is 18.6. The molecule has 0 aliphatic carbocycles. The summed E-state index contributed by atoms with van der Waals surface area (Å²) in [4.78, 5) is 19.5. The number of anilines is 1. The predicted molar refractivity (Wildman–Crippen MR) is 106 cm³/mol. The molecule has 0 saturated carbocycles. The quantitative estimate of drug-likeness (QED) is 0.471. The summed E-state index contributed by atoms with van der Waals surface area (Å²) in [6.07, 6.45) is 4.98. The summed E-state index contributed by atoms with van der Waals surface area (Å²) in [5.74, 6) is 0.423. The van der Waals surface area contributed by atoms with Gasteiger partial charge in [-0.25, -0.2) is 14.4 Å². The second-order valence-electron chi connectivity index (χ2n) is 5.98. The molecule has 0 atom stereocenters. The highest BCUT2D eigenvalue weighted by molar-refractivity contribution is 9.10. The van der Waals surface area contributed by atoms with Crippen LogP contribution in [0.4, 0.5) is 10.2 Å². The minimum atomic E-state index is -0.268. The van der Waals surface area contributed by atoms with E-state index in [4.69, 9.17) is 0 Å². The number of benzene rings is 1. The Labute approximate surface area is 164 Å².